The van der Waals surface area contributed by atoms with Crippen LogP contribution in [-0.4, -0.2) is 20.5 Å². The fourth-order valence-corrected chi connectivity index (χ4v) is 2.36. The third kappa shape index (κ3) is 2.05. The Labute approximate surface area is 116 Å². The number of hydrogen-bond acceptors (Lipinski definition) is 2. The maximum Gasteiger partial charge on any atom is 0.356 e. The fourth-order valence-electron chi connectivity index (χ4n) is 2.36. The van der Waals surface area contributed by atoms with Crippen molar-refractivity contribution in [2.75, 3.05) is 0 Å². The number of hydrogen-bond donors (Lipinski definition) is 1. The fraction of sp³-hybridized carbons (Fsp3) is 0.125. The van der Waals surface area contributed by atoms with E-state index in [0.29, 0.717) is 5.65 Å². The molecule has 3 aromatic rings. The van der Waals surface area contributed by atoms with Crippen LogP contribution in [0.3, 0.4) is 0 Å². The van der Waals surface area contributed by atoms with Gasteiger partial charge in [-0.05, 0) is 35.2 Å². The molecular weight excluding hydrogens is 252 g/mol. The molecule has 3 rings (SSSR count). The number of aromatic carboxylic acids is 1. The lowest BCUT2D eigenvalue weighted by molar-refractivity contribution is 0.0691. The minimum absolute atomic E-state index is 0.0610. The van der Waals surface area contributed by atoms with Crippen LogP contribution in [0.5, 0.6) is 0 Å². The van der Waals surface area contributed by atoms with Crippen molar-refractivity contribution in [2.45, 2.75) is 13.3 Å². The number of carboxylic acid groups (broad SMARTS) is 1. The van der Waals surface area contributed by atoms with Crippen molar-refractivity contribution >= 4 is 11.6 Å². The number of aryl methyl sites for hydroxylation is 1. The summed E-state index contributed by atoms with van der Waals surface area (Å²) in [6.07, 6.45) is 4.41. The highest BCUT2D eigenvalue weighted by molar-refractivity contribution is 5.86. The van der Waals surface area contributed by atoms with Gasteiger partial charge in [0.15, 0.2) is 5.69 Å². The monoisotopic (exact) mass is 266 g/mol. The van der Waals surface area contributed by atoms with Gasteiger partial charge in [0.05, 0.1) is 0 Å². The number of nitrogens with zero attached hydrogens (tertiary/aromatic N) is 2. The summed E-state index contributed by atoms with van der Waals surface area (Å²) in [6.45, 7) is 2.12. The summed E-state index contributed by atoms with van der Waals surface area (Å²) in [6, 6.07) is 12.0. The van der Waals surface area contributed by atoms with Crippen molar-refractivity contribution in [3.8, 4) is 11.1 Å². The van der Waals surface area contributed by atoms with Crippen molar-refractivity contribution in [2.24, 2.45) is 0 Å². The average Bonchev–Trinajstić information content (AvgIpc) is 2.90. The number of carboxylic acids is 1. The Hall–Kier alpha value is -2.62. The number of benzene rings is 1. The molecular formula is C16H14N2O2. The molecule has 2 aromatic heterocycles. The van der Waals surface area contributed by atoms with Gasteiger partial charge in [0.25, 0.3) is 0 Å². The molecule has 0 aliphatic carbocycles. The molecule has 2 heterocycles. The van der Waals surface area contributed by atoms with Gasteiger partial charge < -0.3 is 9.51 Å². The van der Waals surface area contributed by atoms with Gasteiger partial charge in [0.1, 0.15) is 5.65 Å². The zero-order valence-corrected chi connectivity index (χ0v) is 11.1. The van der Waals surface area contributed by atoms with Crippen LogP contribution in [0.1, 0.15) is 23.0 Å². The highest BCUT2D eigenvalue weighted by atomic mass is 16.4. The minimum Gasteiger partial charge on any atom is -0.476 e. The third-order valence-corrected chi connectivity index (χ3v) is 3.38. The predicted octanol–water partition coefficient (Wildman–Crippen LogP) is 3.26. The Morgan fingerprint density at radius 2 is 2.00 bits per heavy atom. The van der Waals surface area contributed by atoms with Crippen LogP contribution in [0.25, 0.3) is 16.8 Å². The zero-order valence-electron chi connectivity index (χ0n) is 11.1. The molecule has 0 radical (unpaired) electrons. The second kappa shape index (κ2) is 4.81. The van der Waals surface area contributed by atoms with Gasteiger partial charge in [-0.3, -0.25) is 0 Å². The van der Waals surface area contributed by atoms with E-state index in [1.165, 1.54) is 17.3 Å². The topological polar surface area (TPSA) is 54.6 Å². The van der Waals surface area contributed by atoms with Crippen molar-refractivity contribution in [1.82, 2.24) is 9.38 Å². The van der Waals surface area contributed by atoms with Crippen LogP contribution >= 0.6 is 0 Å². The number of fused-ring (bicyclic) bond motifs is 1. The van der Waals surface area contributed by atoms with Crippen molar-refractivity contribution < 1.29 is 9.90 Å². The standard InChI is InChI=1S/C16H14N2O2/c1-2-11-5-3-4-6-13(11)12-7-8-15-17-14(16(19)20)10-18(15)9-12/h3-10H,2H2,1H3,(H,19,20). The summed E-state index contributed by atoms with van der Waals surface area (Å²) in [5, 5.41) is 8.98. The van der Waals surface area contributed by atoms with Crippen molar-refractivity contribution in [1.29, 1.82) is 0 Å². The van der Waals surface area contributed by atoms with Crippen LogP contribution in [0.15, 0.2) is 48.8 Å². The first-order valence-electron chi connectivity index (χ1n) is 6.49. The van der Waals surface area contributed by atoms with E-state index in [1.54, 1.807) is 4.40 Å². The van der Waals surface area contributed by atoms with Gasteiger partial charge in [0.2, 0.25) is 0 Å². The number of aromatic nitrogens is 2. The molecule has 0 fully saturated rings. The molecule has 0 unspecified atom stereocenters. The normalized spacial score (nSPS) is 10.8. The Morgan fingerprint density at radius 3 is 2.75 bits per heavy atom. The molecule has 0 spiro atoms. The van der Waals surface area contributed by atoms with Gasteiger partial charge in [-0.25, -0.2) is 9.78 Å². The molecule has 0 bridgehead atoms. The summed E-state index contributed by atoms with van der Waals surface area (Å²) in [5.74, 6) is -1.01. The first kappa shape index (κ1) is 12.4. The largest absolute Gasteiger partial charge is 0.476 e. The number of rotatable bonds is 3. The number of imidazole rings is 1. The lowest BCUT2D eigenvalue weighted by Gasteiger charge is -2.08. The highest BCUT2D eigenvalue weighted by Crippen LogP contribution is 2.24. The van der Waals surface area contributed by atoms with Gasteiger partial charge in [0, 0.05) is 12.4 Å². The Bertz CT molecular complexity index is 790. The zero-order chi connectivity index (χ0) is 14.1. The van der Waals surface area contributed by atoms with Crippen LogP contribution in [0, 0.1) is 0 Å². The lowest BCUT2D eigenvalue weighted by atomic mass is 9.99. The lowest BCUT2D eigenvalue weighted by Crippen LogP contribution is -1.94. The molecule has 100 valence electrons. The first-order valence-corrected chi connectivity index (χ1v) is 6.49. The molecule has 1 aromatic carbocycles. The Balaban J connectivity index is 2.15. The van der Waals surface area contributed by atoms with E-state index in [1.807, 2.05) is 30.5 Å². The van der Waals surface area contributed by atoms with E-state index in [9.17, 15) is 4.79 Å². The molecule has 0 saturated carbocycles. The summed E-state index contributed by atoms with van der Waals surface area (Å²) < 4.78 is 1.76. The van der Waals surface area contributed by atoms with Gasteiger partial charge in [-0.2, -0.15) is 0 Å². The van der Waals surface area contributed by atoms with Gasteiger partial charge in [-0.1, -0.05) is 31.2 Å². The van der Waals surface area contributed by atoms with Crippen LogP contribution in [0.2, 0.25) is 0 Å². The summed E-state index contributed by atoms with van der Waals surface area (Å²) in [5.41, 5.74) is 4.20. The predicted molar refractivity (Wildman–Crippen MR) is 77.0 cm³/mol. The van der Waals surface area contributed by atoms with Crippen LogP contribution in [-0.2, 0) is 6.42 Å². The molecule has 0 saturated heterocycles. The molecule has 0 amide bonds. The van der Waals surface area contributed by atoms with E-state index < -0.39 is 5.97 Å². The average molecular weight is 266 g/mol. The van der Waals surface area contributed by atoms with Gasteiger partial charge in [-0.15, -0.1) is 0 Å². The second-order valence-corrected chi connectivity index (χ2v) is 4.63. The van der Waals surface area contributed by atoms with Gasteiger partial charge >= 0.3 is 5.97 Å². The van der Waals surface area contributed by atoms with Crippen LogP contribution < -0.4 is 0 Å². The molecule has 0 atom stereocenters. The molecule has 20 heavy (non-hydrogen) atoms. The molecule has 0 aliphatic rings. The van der Waals surface area contributed by atoms with Crippen LogP contribution in [0.4, 0.5) is 0 Å². The molecule has 4 nitrogen and oxygen atoms in total. The van der Waals surface area contributed by atoms with E-state index in [2.05, 4.69) is 24.0 Å². The Morgan fingerprint density at radius 1 is 1.20 bits per heavy atom. The summed E-state index contributed by atoms with van der Waals surface area (Å²) in [7, 11) is 0. The molecule has 0 aliphatic heterocycles. The smallest absolute Gasteiger partial charge is 0.356 e. The summed E-state index contributed by atoms with van der Waals surface area (Å²) >= 11 is 0. The maximum atomic E-state index is 11.0. The molecule has 4 heteroatoms. The molecule has 1 N–H and O–H groups in total. The minimum atomic E-state index is -1.01. The highest BCUT2D eigenvalue weighted by Gasteiger charge is 2.10. The maximum absolute atomic E-state index is 11.0. The number of pyridine rings is 1. The third-order valence-electron chi connectivity index (χ3n) is 3.38. The first-order chi connectivity index (χ1) is 9.69. The summed E-state index contributed by atoms with van der Waals surface area (Å²) in [4.78, 5) is 15.0. The van der Waals surface area contributed by atoms with Crippen molar-refractivity contribution in [3.63, 3.8) is 0 Å². The van der Waals surface area contributed by atoms with E-state index in [0.717, 1.165) is 12.0 Å². The number of carbonyl (C=O) groups is 1. The quantitative estimate of drug-likeness (QED) is 0.791. The van der Waals surface area contributed by atoms with E-state index in [4.69, 9.17) is 5.11 Å². The van der Waals surface area contributed by atoms with E-state index >= 15 is 0 Å². The van der Waals surface area contributed by atoms with Crippen molar-refractivity contribution in [3.05, 3.63) is 60.0 Å². The second-order valence-electron chi connectivity index (χ2n) is 4.63. The Kier molecular flexibility index (Phi) is 2.99. The SMILES string of the molecule is CCc1ccccc1-c1ccc2nc(C(=O)O)cn2c1. The van der Waals surface area contributed by atoms with E-state index in [-0.39, 0.29) is 5.69 Å².